The van der Waals surface area contributed by atoms with Gasteiger partial charge in [-0.1, -0.05) is 12.1 Å². The molecule has 0 spiro atoms. The SMILES string of the molecule is O=C(C[C@]12COC[C@H]1CN(Cc1cccnc1)C2)NCc1cccs1.O=C(O)C(F)(F)F. The summed E-state index contributed by atoms with van der Waals surface area (Å²) in [6.45, 7) is 4.88. The first kappa shape index (κ1) is 24.1. The van der Waals surface area contributed by atoms with Gasteiger partial charge in [0, 0.05) is 54.7 Å². The number of carbonyl (C=O) groups is 2. The minimum absolute atomic E-state index is 0.0399. The maximum absolute atomic E-state index is 12.5. The molecule has 174 valence electrons. The Bertz CT molecular complexity index is 895. The molecule has 11 heteroatoms. The maximum Gasteiger partial charge on any atom is 0.490 e. The molecule has 2 aromatic rings. The molecule has 2 aliphatic rings. The largest absolute Gasteiger partial charge is 0.490 e. The van der Waals surface area contributed by atoms with Crippen LogP contribution < -0.4 is 5.32 Å². The van der Waals surface area contributed by atoms with Crippen molar-refractivity contribution in [2.24, 2.45) is 11.3 Å². The summed E-state index contributed by atoms with van der Waals surface area (Å²) >= 11 is 1.67. The molecule has 2 aliphatic heterocycles. The number of carboxylic acid groups (broad SMARTS) is 1. The Labute approximate surface area is 187 Å². The van der Waals surface area contributed by atoms with E-state index in [1.807, 2.05) is 23.7 Å². The van der Waals surface area contributed by atoms with Gasteiger partial charge in [-0.15, -0.1) is 11.3 Å². The predicted octanol–water partition coefficient (Wildman–Crippen LogP) is 2.93. The maximum atomic E-state index is 12.5. The lowest BCUT2D eigenvalue weighted by molar-refractivity contribution is -0.192. The van der Waals surface area contributed by atoms with Crippen molar-refractivity contribution in [2.75, 3.05) is 26.3 Å². The number of pyridine rings is 1. The van der Waals surface area contributed by atoms with E-state index in [0.717, 1.165) is 26.2 Å². The Balaban J connectivity index is 0.000000360. The molecular formula is C21H24F3N3O4S. The Hall–Kier alpha value is -2.50. The van der Waals surface area contributed by atoms with E-state index in [4.69, 9.17) is 14.6 Å². The lowest BCUT2D eigenvalue weighted by Crippen LogP contribution is -2.37. The smallest absolute Gasteiger partial charge is 0.475 e. The molecule has 0 unspecified atom stereocenters. The number of carboxylic acids is 1. The number of amides is 1. The zero-order valence-corrected chi connectivity index (χ0v) is 18.0. The highest BCUT2D eigenvalue weighted by molar-refractivity contribution is 7.09. The molecule has 7 nitrogen and oxygen atoms in total. The normalized spacial score (nSPS) is 22.7. The fourth-order valence-corrected chi connectivity index (χ4v) is 4.69. The molecule has 32 heavy (non-hydrogen) atoms. The summed E-state index contributed by atoms with van der Waals surface area (Å²) in [6, 6.07) is 8.15. The standard InChI is InChI=1S/C19H23N3O2S.C2HF3O2/c23-18(21-9-17-4-2-6-25-17)7-19-13-22(11-16(19)12-24-14-19)10-15-3-1-5-20-8-15;3-2(4,5)1(6)7/h1-6,8,16H,7,9-14H2,(H,21,23);(H,6,7)/t16-,19+;/m1./s1. The van der Waals surface area contributed by atoms with E-state index in [1.165, 1.54) is 10.4 Å². The van der Waals surface area contributed by atoms with Crippen LogP contribution >= 0.6 is 11.3 Å². The Kier molecular flexibility index (Phi) is 7.86. The van der Waals surface area contributed by atoms with Gasteiger partial charge in [0.1, 0.15) is 0 Å². The second-order valence-corrected chi connectivity index (χ2v) is 8.97. The summed E-state index contributed by atoms with van der Waals surface area (Å²) in [5, 5.41) is 12.2. The van der Waals surface area contributed by atoms with E-state index in [9.17, 15) is 18.0 Å². The van der Waals surface area contributed by atoms with Crippen molar-refractivity contribution in [3.05, 3.63) is 52.5 Å². The van der Waals surface area contributed by atoms with Gasteiger partial charge in [0.2, 0.25) is 5.91 Å². The molecule has 1 amide bonds. The minimum Gasteiger partial charge on any atom is -0.475 e. The van der Waals surface area contributed by atoms with Crippen LogP contribution in [0.3, 0.4) is 0 Å². The summed E-state index contributed by atoms with van der Waals surface area (Å²) in [4.78, 5) is 29.2. The van der Waals surface area contributed by atoms with Crippen molar-refractivity contribution < 1.29 is 32.6 Å². The molecule has 4 rings (SSSR count). The third-order valence-corrected chi connectivity index (χ3v) is 6.39. The highest BCUT2D eigenvalue weighted by atomic mass is 32.1. The van der Waals surface area contributed by atoms with Crippen LogP contribution in [0, 0.1) is 11.3 Å². The molecule has 2 atom stereocenters. The number of halogens is 3. The number of nitrogens with one attached hydrogen (secondary N) is 1. The molecule has 2 saturated heterocycles. The van der Waals surface area contributed by atoms with E-state index in [2.05, 4.69) is 27.3 Å². The number of hydrogen-bond donors (Lipinski definition) is 2. The van der Waals surface area contributed by atoms with Crippen molar-refractivity contribution in [2.45, 2.75) is 25.7 Å². The average molecular weight is 472 g/mol. The minimum atomic E-state index is -5.08. The Morgan fingerprint density at radius 2 is 2.12 bits per heavy atom. The second-order valence-electron chi connectivity index (χ2n) is 7.94. The molecule has 0 aliphatic carbocycles. The van der Waals surface area contributed by atoms with Crippen LogP contribution in [-0.2, 0) is 27.4 Å². The average Bonchev–Trinajstić information content (AvgIpc) is 3.43. The first-order valence-electron chi connectivity index (χ1n) is 9.96. The number of thiophene rings is 1. The number of alkyl halides is 3. The van der Waals surface area contributed by atoms with Gasteiger partial charge >= 0.3 is 12.1 Å². The zero-order chi connectivity index (χ0) is 23.2. The third kappa shape index (κ3) is 6.50. The fraction of sp³-hybridized carbons (Fsp3) is 0.476. The number of hydrogen-bond acceptors (Lipinski definition) is 6. The number of likely N-dealkylation sites (tertiary alicyclic amines) is 1. The number of rotatable bonds is 6. The van der Waals surface area contributed by atoms with Crippen molar-refractivity contribution in [1.29, 1.82) is 0 Å². The Morgan fingerprint density at radius 3 is 2.75 bits per heavy atom. The summed E-state index contributed by atoms with van der Waals surface area (Å²) < 4.78 is 37.5. The van der Waals surface area contributed by atoms with Gasteiger partial charge in [0.05, 0.1) is 19.8 Å². The van der Waals surface area contributed by atoms with Crippen LogP contribution in [0.4, 0.5) is 13.2 Å². The molecular weight excluding hydrogens is 447 g/mol. The van der Waals surface area contributed by atoms with Crippen molar-refractivity contribution in [3.63, 3.8) is 0 Å². The highest BCUT2D eigenvalue weighted by Crippen LogP contribution is 2.44. The fourth-order valence-electron chi connectivity index (χ4n) is 4.04. The van der Waals surface area contributed by atoms with Crippen LogP contribution in [0.2, 0.25) is 0 Å². The zero-order valence-electron chi connectivity index (χ0n) is 17.2. The lowest BCUT2D eigenvalue weighted by Gasteiger charge is -2.26. The monoisotopic (exact) mass is 471 g/mol. The van der Waals surface area contributed by atoms with Gasteiger partial charge in [-0.2, -0.15) is 13.2 Å². The summed E-state index contributed by atoms with van der Waals surface area (Å²) in [5.74, 6) is -2.18. The van der Waals surface area contributed by atoms with Crippen LogP contribution in [0.5, 0.6) is 0 Å². The van der Waals surface area contributed by atoms with Gasteiger partial charge in [0.15, 0.2) is 0 Å². The van der Waals surface area contributed by atoms with Gasteiger partial charge in [-0.3, -0.25) is 14.7 Å². The van der Waals surface area contributed by atoms with E-state index in [1.54, 1.807) is 17.5 Å². The van der Waals surface area contributed by atoms with Crippen molar-refractivity contribution >= 4 is 23.2 Å². The first-order valence-corrected chi connectivity index (χ1v) is 10.8. The van der Waals surface area contributed by atoms with Crippen LogP contribution in [0.25, 0.3) is 0 Å². The Morgan fingerprint density at radius 1 is 1.34 bits per heavy atom. The summed E-state index contributed by atoms with van der Waals surface area (Å²) in [5.41, 5.74) is 1.18. The molecule has 2 N–H and O–H groups in total. The van der Waals surface area contributed by atoms with Crippen LogP contribution in [0.15, 0.2) is 42.0 Å². The van der Waals surface area contributed by atoms with Gasteiger partial charge in [-0.25, -0.2) is 4.79 Å². The third-order valence-electron chi connectivity index (χ3n) is 5.52. The van der Waals surface area contributed by atoms with E-state index in [0.29, 0.717) is 25.5 Å². The number of carbonyl (C=O) groups excluding carboxylic acids is 1. The predicted molar refractivity (Wildman–Crippen MR) is 111 cm³/mol. The molecule has 0 radical (unpaired) electrons. The van der Waals surface area contributed by atoms with Crippen molar-refractivity contribution in [1.82, 2.24) is 15.2 Å². The highest BCUT2D eigenvalue weighted by Gasteiger charge is 2.51. The van der Waals surface area contributed by atoms with E-state index in [-0.39, 0.29) is 11.3 Å². The first-order chi connectivity index (χ1) is 15.2. The summed E-state index contributed by atoms with van der Waals surface area (Å²) in [6.07, 6.45) is -0.812. The van der Waals surface area contributed by atoms with E-state index < -0.39 is 12.1 Å². The number of nitrogens with zero attached hydrogens (tertiary/aromatic N) is 2. The molecule has 0 saturated carbocycles. The molecule has 2 fully saturated rings. The van der Waals surface area contributed by atoms with Gasteiger partial charge in [-0.05, 0) is 23.1 Å². The van der Waals surface area contributed by atoms with Crippen molar-refractivity contribution in [3.8, 4) is 0 Å². The summed E-state index contributed by atoms with van der Waals surface area (Å²) in [7, 11) is 0. The lowest BCUT2D eigenvalue weighted by atomic mass is 9.78. The number of ether oxygens (including phenoxy) is 1. The second kappa shape index (κ2) is 10.4. The number of aromatic nitrogens is 1. The molecule has 4 heterocycles. The van der Waals surface area contributed by atoms with Gasteiger partial charge < -0.3 is 15.2 Å². The quantitative estimate of drug-likeness (QED) is 0.673. The number of fused-ring (bicyclic) bond motifs is 1. The van der Waals surface area contributed by atoms with Gasteiger partial charge in [0.25, 0.3) is 0 Å². The number of aliphatic carboxylic acids is 1. The molecule has 0 bridgehead atoms. The van der Waals surface area contributed by atoms with E-state index >= 15 is 0 Å². The topological polar surface area (TPSA) is 91.8 Å². The van der Waals surface area contributed by atoms with Crippen LogP contribution in [0.1, 0.15) is 16.9 Å². The molecule has 0 aromatic carbocycles. The van der Waals surface area contributed by atoms with Crippen LogP contribution in [-0.4, -0.2) is 59.3 Å². The molecule has 2 aromatic heterocycles.